The summed E-state index contributed by atoms with van der Waals surface area (Å²) in [7, 11) is 4.03. The first-order valence-corrected chi connectivity index (χ1v) is 10.4. The number of rotatable bonds is 4. The molecule has 0 aliphatic heterocycles. The summed E-state index contributed by atoms with van der Waals surface area (Å²) in [5.74, 6) is 0. The van der Waals surface area contributed by atoms with E-state index in [2.05, 4.69) is 15.1 Å². The van der Waals surface area contributed by atoms with Gasteiger partial charge in [-0.25, -0.2) is 0 Å². The van der Waals surface area contributed by atoms with Crippen LogP contribution in [0.4, 0.5) is 39.8 Å². The van der Waals surface area contributed by atoms with Crippen LogP contribution < -0.4 is 27.8 Å². The number of nitrogens with zero attached hydrogens (tertiary/aromatic N) is 3. The van der Waals surface area contributed by atoms with Crippen molar-refractivity contribution in [3.8, 4) is 11.1 Å². The SMILES string of the molecule is CN(C)c1ccc(N=Nc2ccccc2)cc1.Nc1ccc(-c2ccc(N)c(N)c2)cc1N. The van der Waals surface area contributed by atoms with E-state index in [1.165, 1.54) is 0 Å². The van der Waals surface area contributed by atoms with Gasteiger partial charge in [0.25, 0.3) is 0 Å². The summed E-state index contributed by atoms with van der Waals surface area (Å²) in [4.78, 5) is 2.05. The maximum atomic E-state index is 5.74. The zero-order chi connectivity index (χ0) is 23.8. The standard InChI is InChI=1S/C14H15N3.C12H14N4/c1-17(2)14-10-8-13(9-11-14)16-15-12-6-4-3-5-7-12;13-9-3-1-7(5-11(9)15)8-2-4-10(14)12(16)6-8/h3-11H,1-2H3;1-6H,13-16H2. The summed E-state index contributed by atoms with van der Waals surface area (Å²) in [6, 6.07) is 28.7. The summed E-state index contributed by atoms with van der Waals surface area (Å²) in [6.07, 6.45) is 0. The van der Waals surface area contributed by atoms with E-state index in [4.69, 9.17) is 22.9 Å². The summed E-state index contributed by atoms with van der Waals surface area (Å²) in [5.41, 5.74) is 29.9. The monoisotopic (exact) mass is 439 g/mol. The van der Waals surface area contributed by atoms with E-state index in [0.29, 0.717) is 22.7 Å². The molecule has 0 heterocycles. The number of anilines is 5. The van der Waals surface area contributed by atoms with Crippen LogP contribution in [0.15, 0.2) is 101 Å². The molecule has 0 unspecified atom stereocenters. The quantitative estimate of drug-likeness (QED) is 0.234. The van der Waals surface area contributed by atoms with Crippen molar-refractivity contribution in [3.63, 3.8) is 0 Å². The molecule has 33 heavy (non-hydrogen) atoms. The molecule has 0 radical (unpaired) electrons. The third-order valence-corrected chi connectivity index (χ3v) is 4.91. The van der Waals surface area contributed by atoms with E-state index in [0.717, 1.165) is 28.2 Å². The molecule has 0 atom stereocenters. The van der Waals surface area contributed by atoms with Crippen molar-refractivity contribution in [2.24, 2.45) is 10.2 Å². The van der Waals surface area contributed by atoms with E-state index < -0.39 is 0 Å². The van der Waals surface area contributed by atoms with Crippen LogP contribution in [0, 0.1) is 0 Å². The van der Waals surface area contributed by atoms with Crippen molar-refractivity contribution in [2.45, 2.75) is 0 Å². The van der Waals surface area contributed by atoms with E-state index in [1.807, 2.05) is 93.0 Å². The fourth-order valence-corrected chi connectivity index (χ4v) is 2.94. The number of hydrogen-bond acceptors (Lipinski definition) is 7. The molecule has 0 aromatic heterocycles. The van der Waals surface area contributed by atoms with Crippen LogP contribution in [-0.4, -0.2) is 14.1 Å². The lowest BCUT2D eigenvalue weighted by Gasteiger charge is -2.11. The number of nitrogens with two attached hydrogens (primary N) is 4. The third-order valence-electron chi connectivity index (χ3n) is 4.91. The highest BCUT2D eigenvalue weighted by Crippen LogP contribution is 2.28. The molecule has 0 saturated carbocycles. The second-order valence-corrected chi connectivity index (χ2v) is 7.63. The van der Waals surface area contributed by atoms with Gasteiger partial charge in [-0.05, 0) is 71.8 Å². The Morgan fingerprint density at radius 3 is 1.39 bits per heavy atom. The lowest BCUT2D eigenvalue weighted by atomic mass is 10.0. The number of benzene rings is 4. The molecule has 4 aromatic rings. The third kappa shape index (κ3) is 6.48. The van der Waals surface area contributed by atoms with E-state index >= 15 is 0 Å². The molecule has 0 aliphatic carbocycles. The van der Waals surface area contributed by atoms with Crippen LogP contribution in [0.25, 0.3) is 11.1 Å². The molecule has 0 saturated heterocycles. The van der Waals surface area contributed by atoms with Crippen LogP contribution in [0.1, 0.15) is 0 Å². The lowest BCUT2D eigenvalue weighted by Crippen LogP contribution is -2.07. The summed E-state index contributed by atoms with van der Waals surface area (Å²) < 4.78 is 0. The molecule has 7 nitrogen and oxygen atoms in total. The molecule has 7 heteroatoms. The van der Waals surface area contributed by atoms with Gasteiger partial charge >= 0.3 is 0 Å². The Balaban J connectivity index is 0.000000186. The maximum Gasteiger partial charge on any atom is 0.0858 e. The molecule has 0 aliphatic rings. The smallest absolute Gasteiger partial charge is 0.0858 e. The van der Waals surface area contributed by atoms with Crippen molar-refractivity contribution in [1.82, 2.24) is 0 Å². The average Bonchev–Trinajstić information content (AvgIpc) is 2.82. The van der Waals surface area contributed by atoms with Crippen LogP contribution >= 0.6 is 0 Å². The van der Waals surface area contributed by atoms with Gasteiger partial charge in [0.2, 0.25) is 0 Å². The Bertz CT molecular complexity index is 1170. The summed E-state index contributed by atoms with van der Waals surface area (Å²) >= 11 is 0. The van der Waals surface area contributed by atoms with Gasteiger partial charge in [-0.3, -0.25) is 0 Å². The van der Waals surface area contributed by atoms with Crippen LogP contribution in [0.3, 0.4) is 0 Å². The first-order valence-electron chi connectivity index (χ1n) is 10.4. The molecule has 0 spiro atoms. The maximum absolute atomic E-state index is 5.74. The first-order chi connectivity index (χ1) is 15.8. The van der Waals surface area contributed by atoms with Gasteiger partial charge in [0.15, 0.2) is 0 Å². The van der Waals surface area contributed by atoms with Crippen molar-refractivity contribution in [2.75, 3.05) is 41.9 Å². The highest BCUT2D eigenvalue weighted by Gasteiger charge is 2.02. The largest absolute Gasteiger partial charge is 0.397 e. The van der Waals surface area contributed by atoms with Gasteiger partial charge < -0.3 is 27.8 Å². The molecular weight excluding hydrogens is 410 g/mol. The second-order valence-electron chi connectivity index (χ2n) is 7.63. The fraction of sp³-hybridized carbons (Fsp3) is 0.0769. The Labute approximate surface area is 194 Å². The number of nitrogen functional groups attached to an aromatic ring is 4. The molecule has 8 N–H and O–H groups in total. The van der Waals surface area contributed by atoms with Gasteiger partial charge in [0.1, 0.15) is 0 Å². The molecule has 0 amide bonds. The predicted molar refractivity (Wildman–Crippen MR) is 141 cm³/mol. The average molecular weight is 440 g/mol. The zero-order valence-electron chi connectivity index (χ0n) is 18.8. The summed E-state index contributed by atoms with van der Waals surface area (Å²) in [6.45, 7) is 0. The van der Waals surface area contributed by atoms with Gasteiger partial charge in [0, 0.05) is 19.8 Å². The molecular formula is C26H29N7. The van der Waals surface area contributed by atoms with E-state index in [-0.39, 0.29) is 0 Å². The Kier molecular flexibility index (Phi) is 7.49. The van der Waals surface area contributed by atoms with Gasteiger partial charge in [-0.2, -0.15) is 10.2 Å². The molecule has 4 aromatic carbocycles. The number of azo groups is 1. The Morgan fingerprint density at radius 1 is 0.515 bits per heavy atom. The highest BCUT2D eigenvalue weighted by molar-refractivity contribution is 5.78. The minimum atomic E-state index is 0.563. The fourth-order valence-electron chi connectivity index (χ4n) is 2.94. The molecule has 168 valence electrons. The Morgan fingerprint density at radius 2 is 0.970 bits per heavy atom. The molecule has 4 rings (SSSR count). The van der Waals surface area contributed by atoms with Crippen LogP contribution in [-0.2, 0) is 0 Å². The van der Waals surface area contributed by atoms with E-state index in [1.54, 1.807) is 12.1 Å². The van der Waals surface area contributed by atoms with Crippen LogP contribution in [0.2, 0.25) is 0 Å². The molecule has 0 fully saturated rings. The van der Waals surface area contributed by atoms with Crippen molar-refractivity contribution in [1.29, 1.82) is 0 Å². The highest BCUT2D eigenvalue weighted by atomic mass is 15.1. The normalized spacial score (nSPS) is 10.5. The minimum Gasteiger partial charge on any atom is -0.397 e. The van der Waals surface area contributed by atoms with Crippen molar-refractivity contribution in [3.05, 3.63) is 91.0 Å². The van der Waals surface area contributed by atoms with Gasteiger partial charge in [0.05, 0.1) is 34.1 Å². The van der Waals surface area contributed by atoms with Crippen molar-refractivity contribution >= 4 is 39.8 Å². The second kappa shape index (κ2) is 10.7. The van der Waals surface area contributed by atoms with Crippen molar-refractivity contribution < 1.29 is 0 Å². The topological polar surface area (TPSA) is 132 Å². The molecule has 0 bridgehead atoms. The van der Waals surface area contributed by atoms with Gasteiger partial charge in [-0.1, -0.05) is 30.3 Å². The van der Waals surface area contributed by atoms with Crippen LogP contribution in [0.5, 0.6) is 0 Å². The first kappa shape index (κ1) is 23.1. The predicted octanol–water partition coefficient (Wildman–Crippen LogP) is 5.85. The lowest BCUT2D eigenvalue weighted by molar-refractivity contribution is 1.13. The zero-order valence-corrected chi connectivity index (χ0v) is 18.8. The number of hydrogen-bond donors (Lipinski definition) is 4. The van der Waals surface area contributed by atoms with Gasteiger partial charge in [-0.15, -0.1) is 0 Å². The summed E-state index contributed by atoms with van der Waals surface area (Å²) in [5, 5.41) is 8.35. The van der Waals surface area contributed by atoms with E-state index in [9.17, 15) is 0 Å². The minimum absolute atomic E-state index is 0.563. The Hall–Kier alpha value is -4.52.